The Kier molecular flexibility index (Phi) is 5.90. The Hall–Kier alpha value is -3.09. The fourth-order valence-electron chi connectivity index (χ4n) is 3.20. The summed E-state index contributed by atoms with van der Waals surface area (Å²) in [7, 11) is 1.63. The van der Waals surface area contributed by atoms with Crippen LogP contribution in [-0.2, 0) is 11.2 Å². The topological polar surface area (TPSA) is 75.9 Å². The molecule has 7 nitrogen and oxygen atoms in total. The minimum Gasteiger partial charge on any atom is -0.497 e. The lowest BCUT2D eigenvalue weighted by Crippen LogP contribution is -2.48. The summed E-state index contributed by atoms with van der Waals surface area (Å²) in [5.41, 5.74) is 2.16. The van der Waals surface area contributed by atoms with Crippen LogP contribution in [0.5, 0.6) is 5.75 Å². The molecule has 1 heterocycles. The number of nitro benzene ring substituents is 1. The number of methoxy groups -OCH3 is 1. The molecular weight excluding hydrogens is 346 g/mol. The van der Waals surface area contributed by atoms with Gasteiger partial charge in [0.25, 0.3) is 5.69 Å². The number of benzene rings is 2. The van der Waals surface area contributed by atoms with Crippen molar-refractivity contribution in [2.24, 2.45) is 0 Å². The molecule has 2 aromatic rings. The van der Waals surface area contributed by atoms with Gasteiger partial charge in [-0.25, -0.2) is 0 Å². The highest BCUT2D eigenvalue weighted by molar-refractivity contribution is 5.76. The van der Waals surface area contributed by atoms with Gasteiger partial charge in [-0.2, -0.15) is 0 Å². The van der Waals surface area contributed by atoms with Crippen LogP contribution in [0.4, 0.5) is 11.4 Å². The van der Waals surface area contributed by atoms with Gasteiger partial charge < -0.3 is 14.5 Å². The molecule has 1 amide bonds. The van der Waals surface area contributed by atoms with Crippen molar-refractivity contribution in [3.8, 4) is 5.75 Å². The third-order valence-electron chi connectivity index (χ3n) is 4.84. The standard InChI is InChI=1S/C20H23N3O4/c1-27-19-9-2-16(3-10-19)4-11-20(24)22-14-12-21(13-15-22)17-5-7-18(8-6-17)23(25)26/h2-3,5-10H,4,11-15H2,1H3. The van der Waals surface area contributed by atoms with Crippen molar-refractivity contribution in [3.05, 3.63) is 64.2 Å². The molecule has 1 fully saturated rings. The smallest absolute Gasteiger partial charge is 0.269 e. The van der Waals surface area contributed by atoms with Crippen LogP contribution < -0.4 is 9.64 Å². The Morgan fingerprint density at radius 1 is 1.04 bits per heavy atom. The van der Waals surface area contributed by atoms with Gasteiger partial charge in [-0.05, 0) is 36.2 Å². The molecule has 0 spiro atoms. The van der Waals surface area contributed by atoms with Gasteiger partial charge in [-0.1, -0.05) is 12.1 Å². The number of amides is 1. The van der Waals surface area contributed by atoms with Crippen molar-refractivity contribution in [2.75, 3.05) is 38.2 Å². The number of hydrogen-bond donors (Lipinski definition) is 0. The largest absolute Gasteiger partial charge is 0.497 e. The third-order valence-corrected chi connectivity index (χ3v) is 4.84. The van der Waals surface area contributed by atoms with Crippen LogP contribution in [0.3, 0.4) is 0 Å². The molecule has 142 valence electrons. The lowest BCUT2D eigenvalue weighted by molar-refractivity contribution is -0.384. The summed E-state index contributed by atoms with van der Waals surface area (Å²) < 4.78 is 5.14. The summed E-state index contributed by atoms with van der Waals surface area (Å²) in [5, 5.41) is 10.7. The molecule has 0 N–H and O–H groups in total. The van der Waals surface area contributed by atoms with E-state index in [9.17, 15) is 14.9 Å². The zero-order valence-electron chi connectivity index (χ0n) is 15.3. The van der Waals surface area contributed by atoms with Gasteiger partial charge in [0, 0.05) is 50.4 Å². The number of hydrogen-bond acceptors (Lipinski definition) is 5. The number of ether oxygens (including phenoxy) is 1. The summed E-state index contributed by atoms with van der Waals surface area (Å²) in [6, 6.07) is 14.3. The first-order valence-corrected chi connectivity index (χ1v) is 8.97. The predicted octanol–water partition coefficient (Wildman–Crippen LogP) is 2.88. The van der Waals surface area contributed by atoms with Crippen LogP contribution in [0.25, 0.3) is 0 Å². The van der Waals surface area contributed by atoms with Crippen LogP contribution in [0.15, 0.2) is 48.5 Å². The molecular formula is C20H23N3O4. The van der Waals surface area contributed by atoms with Crippen molar-refractivity contribution >= 4 is 17.3 Å². The van der Waals surface area contributed by atoms with Gasteiger partial charge in [0.05, 0.1) is 12.0 Å². The first kappa shape index (κ1) is 18.7. The van der Waals surface area contributed by atoms with E-state index in [1.165, 1.54) is 12.1 Å². The van der Waals surface area contributed by atoms with Gasteiger partial charge in [-0.3, -0.25) is 14.9 Å². The summed E-state index contributed by atoms with van der Waals surface area (Å²) >= 11 is 0. The molecule has 3 rings (SSSR count). The Morgan fingerprint density at radius 2 is 1.67 bits per heavy atom. The van der Waals surface area contributed by atoms with Gasteiger partial charge in [0.1, 0.15) is 5.75 Å². The van der Waals surface area contributed by atoms with Crippen molar-refractivity contribution in [1.82, 2.24) is 4.90 Å². The van der Waals surface area contributed by atoms with E-state index < -0.39 is 4.92 Å². The number of nitrogens with zero attached hydrogens (tertiary/aromatic N) is 3. The highest BCUT2D eigenvalue weighted by Crippen LogP contribution is 2.21. The lowest BCUT2D eigenvalue weighted by atomic mass is 10.1. The number of carbonyl (C=O) groups is 1. The molecule has 0 unspecified atom stereocenters. The highest BCUT2D eigenvalue weighted by Gasteiger charge is 2.21. The maximum absolute atomic E-state index is 12.5. The van der Waals surface area contributed by atoms with Crippen LogP contribution in [0, 0.1) is 10.1 Å². The summed E-state index contributed by atoms with van der Waals surface area (Å²) in [6.45, 7) is 2.79. The van der Waals surface area contributed by atoms with E-state index in [4.69, 9.17) is 4.74 Å². The lowest BCUT2D eigenvalue weighted by Gasteiger charge is -2.36. The monoisotopic (exact) mass is 369 g/mol. The molecule has 0 bridgehead atoms. The first-order valence-electron chi connectivity index (χ1n) is 8.97. The second-order valence-electron chi connectivity index (χ2n) is 6.49. The number of anilines is 1. The number of rotatable bonds is 6. The molecule has 1 aliphatic heterocycles. The quantitative estimate of drug-likeness (QED) is 0.578. The SMILES string of the molecule is COc1ccc(CCC(=O)N2CCN(c3ccc([N+](=O)[O-])cc3)CC2)cc1. The van der Waals surface area contributed by atoms with E-state index in [-0.39, 0.29) is 11.6 Å². The molecule has 0 aromatic heterocycles. The normalized spacial score (nSPS) is 14.1. The third kappa shape index (κ3) is 4.75. The minimum absolute atomic E-state index is 0.0890. The molecule has 27 heavy (non-hydrogen) atoms. The van der Waals surface area contributed by atoms with E-state index in [0.717, 1.165) is 30.1 Å². The van der Waals surface area contributed by atoms with Crippen LogP contribution in [0.2, 0.25) is 0 Å². The Morgan fingerprint density at radius 3 is 2.22 bits per heavy atom. The van der Waals surface area contributed by atoms with E-state index in [1.54, 1.807) is 19.2 Å². The van der Waals surface area contributed by atoms with Crippen LogP contribution in [-0.4, -0.2) is 49.0 Å². The van der Waals surface area contributed by atoms with Gasteiger partial charge in [-0.15, -0.1) is 0 Å². The molecule has 0 radical (unpaired) electrons. The zero-order chi connectivity index (χ0) is 19.2. The van der Waals surface area contributed by atoms with Gasteiger partial charge in [0.15, 0.2) is 0 Å². The van der Waals surface area contributed by atoms with Crippen molar-refractivity contribution in [1.29, 1.82) is 0 Å². The van der Waals surface area contributed by atoms with Gasteiger partial charge in [0.2, 0.25) is 5.91 Å². The summed E-state index contributed by atoms with van der Waals surface area (Å²) in [4.78, 5) is 26.9. The summed E-state index contributed by atoms with van der Waals surface area (Å²) in [6.07, 6.45) is 1.20. The number of non-ortho nitro benzene ring substituents is 1. The molecule has 0 aliphatic carbocycles. The molecule has 0 saturated carbocycles. The van der Waals surface area contributed by atoms with Crippen LogP contribution in [0.1, 0.15) is 12.0 Å². The van der Waals surface area contributed by atoms with E-state index >= 15 is 0 Å². The van der Waals surface area contributed by atoms with E-state index in [0.29, 0.717) is 25.9 Å². The first-order chi connectivity index (χ1) is 13.1. The number of aryl methyl sites for hydroxylation is 1. The van der Waals surface area contributed by atoms with E-state index in [1.807, 2.05) is 29.2 Å². The Balaban J connectivity index is 1.47. The van der Waals surface area contributed by atoms with Crippen molar-refractivity contribution in [3.63, 3.8) is 0 Å². The van der Waals surface area contributed by atoms with Crippen molar-refractivity contribution in [2.45, 2.75) is 12.8 Å². The maximum atomic E-state index is 12.5. The fraction of sp³-hybridized carbons (Fsp3) is 0.350. The zero-order valence-corrected chi connectivity index (χ0v) is 15.3. The minimum atomic E-state index is -0.400. The second kappa shape index (κ2) is 8.53. The average molecular weight is 369 g/mol. The average Bonchev–Trinajstić information content (AvgIpc) is 2.72. The number of carbonyl (C=O) groups excluding carboxylic acids is 1. The maximum Gasteiger partial charge on any atom is 0.269 e. The molecule has 1 saturated heterocycles. The predicted molar refractivity (Wildman–Crippen MR) is 103 cm³/mol. The van der Waals surface area contributed by atoms with Crippen LogP contribution >= 0.6 is 0 Å². The Bertz CT molecular complexity index is 782. The van der Waals surface area contributed by atoms with E-state index in [2.05, 4.69) is 4.90 Å². The number of piperazine rings is 1. The molecule has 0 atom stereocenters. The molecule has 1 aliphatic rings. The highest BCUT2D eigenvalue weighted by atomic mass is 16.6. The fourth-order valence-corrected chi connectivity index (χ4v) is 3.20. The van der Waals surface area contributed by atoms with Crippen molar-refractivity contribution < 1.29 is 14.5 Å². The molecule has 7 heteroatoms. The second-order valence-corrected chi connectivity index (χ2v) is 6.49. The number of nitro groups is 1. The molecule has 2 aromatic carbocycles. The summed E-state index contributed by atoms with van der Waals surface area (Å²) in [5.74, 6) is 0.974. The Labute approximate surface area is 158 Å². The van der Waals surface area contributed by atoms with Gasteiger partial charge >= 0.3 is 0 Å².